The number of carbonyl (C=O) groups is 1. The van der Waals surface area contributed by atoms with Crippen LogP contribution in [0.5, 0.6) is 0 Å². The van der Waals surface area contributed by atoms with Crippen molar-refractivity contribution in [3.05, 3.63) is 10.9 Å². The molecule has 3 rings (SSSR count). The van der Waals surface area contributed by atoms with Crippen LogP contribution >= 0.6 is 35.5 Å². The Morgan fingerprint density at radius 2 is 2.10 bits per heavy atom. The second-order valence-corrected chi connectivity index (χ2v) is 7.79. The summed E-state index contributed by atoms with van der Waals surface area (Å²) in [5.41, 5.74) is 6.55. The molecule has 1 amide bonds. The van der Waals surface area contributed by atoms with E-state index in [1.165, 1.54) is 43.4 Å². The second-order valence-electron chi connectivity index (χ2n) is 5.49. The lowest BCUT2D eigenvalue weighted by Gasteiger charge is -2.32. The first-order chi connectivity index (χ1) is 9.65. The number of fused-ring (bicyclic) bond motifs is 1. The Morgan fingerprint density at radius 3 is 2.76 bits per heavy atom. The fourth-order valence-electron chi connectivity index (χ4n) is 2.96. The van der Waals surface area contributed by atoms with Crippen molar-refractivity contribution in [2.75, 3.05) is 17.2 Å². The zero-order chi connectivity index (χ0) is 14.1. The molecule has 0 radical (unpaired) electrons. The number of amidine groups is 1. The molecule has 2 heterocycles. The van der Waals surface area contributed by atoms with Crippen LogP contribution in [0.4, 0.5) is 5.69 Å². The Bertz CT molecular complexity index is 540. The molecule has 1 saturated carbocycles. The first kappa shape index (κ1) is 16.6. The number of nitrogen functional groups attached to an aromatic ring is 1. The first-order valence-corrected chi connectivity index (χ1v) is 8.87. The summed E-state index contributed by atoms with van der Waals surface area (Å²) in [5, 5.41) is 7.56. The summed E-state index contributed by atoms with van der Waals surface area (Å²) in [4.78, 5) is 14.9. The number of amides is 1. The monoisotopic (exact) mass is 345 g/mol. The lowest BCUT2D eigenvalue weighted by Crippen LogP contribution is -2.39. The summed E-state index contributed by atoms with van der Waals surface area (Å²) in [6.45, 7) is 0.834. The Morgan fingerprint density at radius 1 is 1.38 bits per heavy atom. The molecule has 0 aromatic carbocycles. The van der Waals surface area contributed by atoms with Gasteiger partial charge in [0.1, 0.15) is 5.84 Å². The molecule has 7 heteroatoms. The first-order valence-electron chi connectivity index (χ1n) is 7.06. The second kappa shape index (κ2) is 7.03. The zero-order valence-electron chi connectivity index (χ0n) is 11.8. The fraction of sp³-hybridized carbons (Fsp3) is 0.571. The molecule has 0 saturated heterocycles. The smallest absolute Gasteiger partial charge is 0.237 e. The highest BCUT2D eigenvalue weighted by atomic mass is 35.5. The van der Waals surface area contributed by atoms with Gasteiger partial charge in [0.2, 0.25) is 5.91 Å². The number of rotatable bonds is 3. The Hall–Kier alpha value is -0.720. The number of nitrogens with two attached hydrogens (primary N) is 1. The molecule has 1 aromatic heterocycles. The van der Waals surface area contributed by atoms with Crippen molar-refractivity contribution < 1.29 is 4.79 Å². The van der Waals surface area contributed by atoms with Gasteiger partial charge in [-0.05, 0) is 24.8 Å². The Balaban J connectivity index is 0.00000161. The van der Waals surface area contributed by atoms with Crippen LogP contribution in [0.2, 0.25) is 0 Å². The number of hydrogen-bond acceptors (Lipinski definition) is 4. The number of anilines is 1. The number of thioether (sulfide) groups is 1. The van der Waals surface area contributed by atoms with Gasteiger partial charge in [-0.1, -0.05) is 19.3 Å². The predicted octanol–water partition coefficient (Wildman–Crippen LogP) is 3.47. The van der Waals surface area contributed by atoms with Gasteiger partial charge in [-0.3, -0.25) is 10.2 Å². The topological polar surface area (TPSA) is 70.2 Å². The van der Waals surface area contributed by atoms with Crippen molar-refractivity contribution in [1.82, 2.24) is 0 Å². The molecule has 1 aliphatic carbocycles. The van der Waals surface area contributed by atoms with Gasteiger partial charge in [-0.2, -0.15) is 0 Å². The van der Waals surface area contributed by atoms with Crippen LogP contribution in [-0.2, 0) is 4.79 Å². The van der Waals surface area contributed by atoms with Crippen LogP contribution in [0.1, 0.15) is 37.0 Å². The van der Waals surface area contributed by atoms with Gasteiger partial charge >= 0.3 is 0 Å². The highest BCUT2D eigenvalue weighted by Crippen LogP contribution is 2.42. The summed E-state index contributed by atoms with van der Waals surface area (Å²) < 4.78 is 1.13. The summed E-state index contributed by atoms with van der Waals surface area (Å²) in [7, 11) is 0. The van der Waals surface area contributed by atoms with Crippen LogP contribution in [0.15, 0.2) is 10.3 Å². The van der Waals surface area contributed by atoms with Crippen LogP contribution in [0.3, 0.4) is 0 Å². The maximum atomic E-state index is 12.2. The zero-order valence-corrected chi connectivity index (χ0v) is 14.2. The Kier molecular flexibility index (Phi) is 5.57. The van der Waals surface area contributed by atoms with E-state index in [0.717, 1.165) is 21.3 Å². The van der Waals surface area contributed by atoms with E-state index in [0.29, 0.717) is 11.7 Å². The summed E-state index contributed by atoms with van der Waals surface area (Å²) >= 11 is 3.11. The van der Waals surface area contributed by atoms with E-state index in [4.69, 9.17) is 11.1 Å². The SMILES string of the molecule is Cl.N=C(N)c1cc2c(s1)SCC(=O)N2CC1CCCCC1. The van der Waals surface area contributed by atoms with Gasteiger partial charge in [-0.15, -0.1) is 35.5 Å². The standard InChI is InChI=1S/C14H19N3OS2.ClH/c15-13(16)11-6-10-14(20-11)19-8-12(18)17(10)7-9-4-2-1-3-5-9;/h6,9H,1-5,7-8H2,(H3,15,16);1H. The van der Waals surface area contributed by atoms with Crippen LogP contribution in [-0.4, -0.2) is 24.0 Å². The molecule has 1 aliphatic heterocycles. The fourth-order valence-corrected chi connectivity index (χ4v) is 5.12. The molecular weight excluding hydrogens is 326 g/mol. The Labute approximate surface area is 139 Å². The lowest BCUT2D eigenvalue weighted by atomic mass is 9.89. The van der Waals surface area contributed by atoms with Crippen molar-refractivity contribution in [2.24, 2.45) is 11.7 Å². The third-order valence-electron chi connectivity index (χ3n) is 4.03. The molecule has 1 fully saturated rings. The van der Waals surface area contributed by atoms with E-state index >= 15 is 0 Å². The van der Waals surface area contributed by atoms with Crippen LogP contribution in [0.25, 0.3) is 0 Å². The van der Waals surface area contributed by atoms with Gasteiger partial charge in [0.15, 0.2) is 0 Å². The maximum absolute atomic E-state index is 12.2. The maximum Gasteiger partial charge on any atom is 0.237 e. The molecular formula is C14H20ClN3OS2. The van der Waals surface area contributed by atoms with Gasteiger partial charge in [-0.25, -0.2) is 0 Å². The van der Waals surface area contributed by atoms with Crippen LogP contribution in [0, 0.1) is 11.3 Å². The molecule has 116 valence electrons. The minimum atomic E-state index is 0. The van der Waals surface area contributed by atoms with Crippen molar-refractivity contribution in [3.8, 4) is 0 Å². The van der Waals surface area contributed by atoms with E-state index in [2.05, 4.69) is 0 Å². The molecule has 1 aromatic rings. The van der Waals surface area contributed by atoms with Crippen molar-refractivity contribution in [2.45, 2.75) is 36.3 Å². The van der Waals surface area contributed by atoms with Gasteiger partial charge < -0.3 is 10.6 Å². The number of halogens is 1. The average Bonchev–Trinajstić information content (AvgIpc) is 2.88. The van der Waals surface area contributed by atoms with Gasteiger partial charge in [0.05, 0.1) is 20.5 Å². The lowest BCUT2D eigenvalue weighted by molar-refractivity contribution is -0.116. The summed E-state index contributed by atoms with van der Waals surface area (Å²) in [5.74, 6) is 1.43. The highest BCUT2D eigenvalue weighted by molar-refractivity contribution is 8.02. The van der Waals surface area contributed by atoms with Gasteiger partial charge in [0.25, 0.3) is 0 Å². The number of hydrogen-bond donors (Lipinski definition) is 2. The van der Waals surface area contributed by atoms with Gasteiger partial charge in [0, 0.05) is 6.54 Å². The van der Waals surface area contributed by atoms with Crippen LogP contribution < -0.4 is 10.6 Å². The molecule has 0 atom stereocenters. The molecule has 0 unspecified atom stereocenters. The summed E-state index contributed by atoms with van der Waals surface area (Å²) in [6, 6.07) is 1.91. The third kappa shape index (κ3) is 3.55. The molecule has 4 nitrogen and oxygen atoms in total. The molecule has 0 bridgehead atoms. The number of nitrogens with one attached hydrogen (secondary N) is 1. The van der Waals surface area contributed by atoms with Crippen molar-refractivity contribution >= 4 is 52.9 Å². The molecule has 2 aliphatic rings. The highest BCUT2D eigenvalue weighted by Gasteiger charge is 2.29. The quantitative estimate of drug-likeness (QED) is 0.651. The van der Waals surface area contributed by atoms with Crippen molar-refractivity contribution in [1.29, 1.82) is 5.41 Å². The normalized spacial score (nSPS) is 19.0. The number of thiophene rings is 1. The van der Waals surface area contributed by atoms with E-state index in [1.807, 2.05) is 11.0 Å². The molecule has 21 heavy (non-hydrogen) atoms. The number of carbonyl (C=O) groups excluding carboxylic acids is 1. The third-order valence-corrected chi connectivity index (χ3v) is 6.45. The molecule has 3 N–H and O–H groups in total. The minimum Gasteiger partial charge on any atom is -0.383 e. The average molecular weight is 346 g/mol. The van der Waals surface area contributed by atoms with E-state index in [-0.39, 0.29) is 24.1 Å². The minimum absolute atomic E-state index is 0. The predicted molar refractivity (Wildman–Crippen MR) is 92.2 cm³/mol. The largest absolute Gasteiger partial charge is 0.383 e. The summed E-state index contributed by atoms with van der Waals surface area (Å²) in [6.07, 6.45) is 6.37. The van der Waals surface area contributed by atoms with E-state index in [9.17, 15) is 4.79 Å². The number of nitrogens with zero attached hydrogens (tertiary/aromatic N) is 1. The van der Waals surface area contributed by atoms with E-state index < -0.39 is 0 Å². The molecule has 0 spiro atoms. The van der Waals surface area contributed by atoms with Crippen molar-refractivity contribution in [3.63, 3.8) is 0 Å². The van der Waals surface area contributed by atoms with E-state index in [1.54, 1.807) is 11.8 Å².